The summed E-state index contributed by atoms with van der Waals surface area (Å²) >= 11 is 3.49. The Balaban J connectivity index is 1.93. The van der Waals surface area contributed by atoms with E-state index in [1.54, 1.807) is 12.4 Å². The summed E-state index contributed by atoms with van der Waals surface area (Å²) in [5, 5.41) is 5.46. The number of hydrogen-bond acceptors (Lipinski definition) is 3. The summed E-state index contributed by atoms with van der Waals surface area (Å²) in [4.78, 5) is 4.14. The first-order valence-electron chi connectivity index (χ1n) is 6.71. The normalized spacial score (nSPS) is 10.8. The van der Waals surface area contributed by atoms with Crippen LogP contribution < -0.4 is 10.1 Å². The molecule has 2 aromatic carbocycles. The van der Waals surface area contributed by atoms with Gasteiger partial charge in [-0.3, -0.25) is 4.98 Å². The highest BCUT2D eigenvalue weighted by Gasteiger charge is 2.05. The van der Waals surface area contributed by atoms with Crippen LogP contribution in [0.4, 0.5) is 0 Å². The van der Waals surface area contributed by atoms with E-state index < -0.39 is 0 Å². The molecule has 3 aromatic rings. The van der Waals surface area contributed by atoms with Gasteiger partial charge in [-0.25, -0.2) is 0 Å². The lowest BCUT2D eigenvalue weighted by molar-refractivity contribution is 0.472. The van der Waals surface area contributed by atoms with E-state index in [0.29, 0.717) is 0 Å². The Morgan fingerprint density at radius 3 is 2.76 bits per heavy atom. The van der Waals surface area contributed by atoms with Crippen LogP contribution in [0.5, 0.6) is 11.5 Å². The lowest BCUT2D eigenvalue weighted by Crippen LogP contribution is -2.06. The minimum absolute atomic E-state index is 0.748. The molecular formula is C17H15BrN2O. The third kappa shape index (κ3) is 3.23. The summed E-state index contributed by atoms with van der Waals surface area (Å²) in [6.45, 7) is 0.748. The van der Waals surface area contributed by atoms with Crippen LogP contribution in [0.2, 0.25) is 0 Å². The minimum Gasteiger partial charge on any atom is -0.455 e. The molecule has 0 aliphatic rings. The van der Waals surface area contributed by atoms with Crippen LogP contribution in [0.3, 0.4) is 0 Å². The Labute approximate surface area is 132 Å². The summed E-state index contributed by atoms with van der Waals surface area (Å²) in [5.74, 6) is 1.60. The van der Waals surface area contributed by atoms with Crippen molar-refractivity contribution < 1.29 is 4.74 Å². The van der Waals surface area contributed by atoms with Crippen LogP contribution >= 0.6 is 15.9 Å². The summed E-state index contributed by atoms with van der Waals surface area (Å²) in [6, 6.07) is 14.2. The van der Waals surface area contributed by atoms with E-state index in [1.807, 2.05) is 31.3 Å². The van der Waals surface area contributed by atoms with Crippen molar-refractivity contribution in [3.63, 3.8) is 0 Å². The average Bonchev–Trinajstić information content (AvgIpc) is 2.50. The number of pyridine rings is 1. The third-order valence-corrected chi connectivity index (χ3v) is 3.73. The van der Waals surface area contributed by atoms with Gasteiger partial charge < -0.3 is 10.1 Å². The number of fused-ring (bicyclic) bond motifs is 1. The van der Waals surface area contributed by atoms with E-state index in [4.69, 9.17) is 4.74 Å². The van der Waals surface area contributed by atoms with E-state index in [9.17, 15) is 0 Å². The van der Waals surface area contributed by atoms with E-state index in [0.717, 1.165) is 33.5 Å². The standard InChI is InChI=1S/C17H15BrN2O/c1-19-10-14-6-7-20-11-17(14)21-16-5-3-12-8-15(18)4-2-13(12)9-16/h2-9,11,19H,10H2,1H3. The molecule has 106 valence electrons. The number of benzene rings is 2. The number of nitrogens with one attached hydrogen (secondary N) is 1. The lowest BCUT2D eigenvalue weighted by Gasteiger charge is -2.11. The average molecular weight is 343 g/mol. The topological polar surface area (TPSA) is 34.2 Å². The molecule has 3 nitrogen and oxygen atoms in total. The van der Waals surface area contributed by atoms with Crippen LogP contribution in [0.15, 0.2) is 59.3 Å². The summed E-state index contributed by atoms with van der Waals surface area (Å²) in [7, 11) is 1.91. The number of halogens is 1. The smallest absolute Gasteiger partial charge is 0.150 e. The fourth-order valence-electron chi connectivity index (χ4n) is 2.22. The molecule has 0 fully saturated rings. The summed E-state index contributed by atoms with van der Waals surface area (Å²) in [6.07, 6.45) is 3.52. The zero-order valence-corrected chi connectivity index (χ0v) is 13.2. The second-order valence-corrected chi connectivity index (χ2v) is 5.68. The third-order valence-electron chi connectivity index (χ3n) is 3.24. The molecule has 0 aliphatic heterocycles. The lowest BCUT2D eigenvalue weighted by atomic mass is 10.1. The molecule has 0 radical (unpaired) electrons. The van der Waals surface area contributed by atoms with Crippen molar-refractivity contribution in [3.05, 3.63) is 64.9 Å². The molecule has 0 saturated carbocycles. The molecule has 0 amide bonds. The Kier molecular flexibility index (Phi) is 4.18. The van der Waals surface area contributed by atoms with Crippen LogP contribution in [0.25, 0.3) is 10.8 Å². The predicted molar refractivity (Wildman–Crippen MR) is 88.7 cm³/mol. The van der Waals surface area contributed by atoms with Gasteiger partial charge in [-0.1, -0.05) is 28.1 Å². The molecular weight excluding hydrogens is 328 g/mol. The van der Waals surface area contributed by atoms with Crippen molar-refractivity contribution in [3.8, 4) is 11.5 Å². The number of hydrogen-bond donors (Lipinski definition) is 1. The maximum absolute atomic E-state index is 5.99. The first-order chi connectivity index (χ1) is 10.3. The second kappa shape index (κ2) is 6.24. The molecule has 0 bridgehead atoms. The van der Waals surface area contributed by atoms with Crippen molar-refractivity contribution in [1.29, 1.82) is 0 Å². The van der Waals surface area contributed by atoms with Crippen molar-refractivity contribution >= 4 is 26.7 Å². The summed E-state index contributed by atoms with van der Waals surface area (Å²) < 4.78 is 7.06. The minimum atomic E-state index is 0.748. The van der Waals surface area contributed by atoms with Gasteiger partial charge in [0.25, 0.3) is 0 Å². The molecule has 4 heteroatoms. The monoisotopic (exact) mass is 342 g/mol. The number of aromatic nitrogens is 1. The first-order valence-corrected chi connectivity index (χ1v) is 7.50. The van der Waals surface area contributed by atoms with Gasteiger partial charge in [0.15, 0.2) is 0 Å². The predicted octanol–water partition coefficient (Wildman–Crippen LogP) is 4.51. The highest BCUT2D eigenvalue weighted by Crippen LogP contribution is 2.28. The van der Waals surface area contributed by atoms with Crippen LogP contribution in [-0.4, -0.2) is 12.0 Å². The highest BCUT2D eigenvalue weighted by atomic mass is 79.9. The molecule has 1 aromatic heterocycles. The van der Waals surface area contributed by atoms with E-state index in [-0.39, 0.29) is 0 Å². The largest absolute Gasteiger partial charge is 0.455 e. The van der Waals surface area contributed by atoms with Crippen molar-refractivity contribution in [2.75, 3.05) is 7.05 Å². The van der Waals surface area contributed by atoms with E-state index in [1.165, 1.54) is 5.39 Å². The SMILES string of the molecule is CNCc1ccncc1Oc1ccc2cc(Br)ccc2c1. The van der Waals surface area contributed by atoms with Gasteiger partial charge in [0.05, 0.1) is 6.20 Å². The molecule has 0 saturated heterocycles. The number of ether oxygens (including phenoxy) is 1. The number of nitrogens with zero attached hydrogens (tertiary/aromatic N) is 1. The molecule has 0 spiro atoms. The second-order valence-electron chi connectivity index (χ2n) is 4.77. The molecule has 0 atom stereocenters. The van der Waals surface area contributed by atoms with Gasteiger partial charge in [0, 0.05) is 22.8 Å². The van der Waals surface area contributed by atoms with Crippen LogP contribution in [0.1, 0.15) is 5.56 Å². The van der Waals surface area contributed by atoms with E-state index in [2.05, 4.69) is 44.4 Å². The van der Waals surface area contributed by atoms with Crippen LogP contribution in [0, 0.1) is 0 Å². The number of rotatable bonds is 4. The Hall–Kier alpha value is -1.91. The highest BCUT2D eigenvalue weighted by molar-refractivity contribution is 9.10. The van der Waals surface area contributed by atoms with Gasteiger partial charge in [-0.2, -0.15) is 0 Å². The quantitative estimate of drug-likeness (QED) is 0.757. The van der Waals surface area contributed by atoms with Gasteiger partial charge in [0.1, 0.15) is 11.5 Å². The van der Waals surface area contributed by atoms with Crippen molar-refractivity contribution in [2.45, 2.75) is 6.54 Å². The first kappa shape index (κ1) is 14.0. The fourth-order valence-corrected chi connectivity index (χ4v) is 2.60. The van der Waals surface area contributed by atoms with Gasteiger partial charge in [0.2, 0.25) is 0 Å². The molecule has 0 unspecified atom stereocenters. The summed E-state index contributed by atoms with van der Waals surface area (Å²) in [5.41, 5.74) is 1.09. The zero-order chi connectivity index (χ0) is 14.7. The molecule has 1 N–H and O–H groups in total. The maximum atomic E-state index is 5.99. The van der Waals surface area contributed by atoms with Crippen molar-refractivity contribution in [1.82, 2.24) is 10.3 Å². The van der Waals surface area contributed by atoms with Gasteiger partial charge >= 0.3 is 0 Å². The van der Waals surface area contributed by atoms with Crippen molar-refractivity contribution in [2.24, 2.45) is 0 Å². The Morgan fingerprint density at radius 2 is 1.90 bits per heavy atom. The molecule has 3 rings (SSSR count). The molecule has 1 heterocycles. The molecule has 0 aliphatic carbocycles. The fraction of sp³-hybridized carbons (Fsp3) is 0.118. The van der Waals surface area contributed by atoms with E-state index >= 15 is 0 Å². The zero-order valence-electron chi connectivity index (χ0n) is 11.6. The molecule has 21 heavy (non-hydrogen) atoms. The Morgan fingerprint density at radius 1 is 1.10 bits per heavy atom. The Bertz CT molecular complexity index is 774. The van der Waals surface area contributed by atoms with Gasteiger partial charge in [-0.15, -0.1) is 0 Å². The maximum Gasteiger partial charge on any atom is 0.150 e. The van der Waals surface area contributed by atoms with Gasteiger partial charge in [-0.05, 0) is 48.2 Å². The van der Waals surface area contributed by atoms with Crippen LogP contribution in [-0.2, 0) is 6.54 Å².